The standard InChI is InChI=1S/C18H17F8N3O4/c1-8(13(30)27-7-16(19,20)18(24,25)26)14(31)28-10-6-33-12-9(17(21,22)23)4-3-5-11(12)29(2)15(10)32/h3-5,8,10H,6-7H2,1-2H3,(H,27,30)(H,28,31). The van der Waals surface area contributed by atoms with Crippen molar-refractivity contribution in [3.63, 3.8) is 0 Å². The van der Waals surface area contributed by atoms with Gasteiger partial charge in [0.15, 0.2) is 5.75 Å². The molecule has 2 N–H and O–H groups in total. The molecule has 1 aromatic carbocycles. The Morgan fingerprint density at radius 3 is 2.27 bits per heavy atom. The van der Waals surface area contributed by atoms with Gasteiger partial charge in [0, 0.05) is 7.05 Å². The van der Waals surface area contributed by atoms with Crippen LogP contribution in [0, 0.1) is 5.92 Å². The lowest BCUT2D eigenvalue weighted by Crippen LogP contribution is -2.53. The molecule has 0 bridgehead atoms. The number of hydrogen-bond donors (Lipinski definition) is 2. The van der Waals surface area contributed by atoms with Crippen LogP contribution >= 0.6 is 0 Å². The van der Waals surface area contributed by atoms with Crippen molar-refractivity contribution in [2.75, 3.05) is 25.1 Å². The van der Waals surface area contributed by atoms with E-state index in [4.69, 9.17) is 4.74 Å². The molecule has 1 heterocycles. The zero-order valence-electron chi connectivity index (χ0n) is 16.9. The molecule has 0 radical (unpaired) electrons. The van der Waals surface area contributed by atoms with Crippen molar-refractivity contribution in [3.8, 4) is 5.75 Å². The third-order valence-corrected chi connectivity index (χ3v) is 4.69. The van der Waals surface area contributed by atoms with Crippen molar-refractivity contribution in [2.45, 2.75) is 31.2 Å². The van der Waals surface area contributed by atoms with E-state index in [2.05, 4.69) is 0 Å². The van der Waals surface area contributed by atoms with E-state index in [0.717, 1.165) is 31.0 Å². The number of anilines is 1. The molecule has 2 atom stereocenters. The van der Waals surface area contributed by atoms with Crippen molar-refractivity contribution in [3.05, 3.63) is 23.8 Å². The number of halogens is 8. The quantitative estimate of drug-likeness (QED) is 0.490. The summed E-state index contributed by atoms with van der Waals surface area (Å²) >= 11 is 0. The van der Waals surface area contributed by atoms with Crippen LogP contribution in [0.3, 0.4) is 0 Å². The number of carbonyl (C=O) groups is 3. The van der Waals surface area contributed by atoms with E-state index in [0.29, 0.717) is 0 Å². The van der Waals surface area contributed by atoms with Gasteiger partial charge in [-0.1, -0.05) is 6.07 Å². The fourth-order valence-corrected chi connectivity index (χ4v) is 2.72. The summed E-state index contributed by atoms with van der Waals surface area (Å²) in [5.74, 6) is -11.4. The number of alkyl halides is 8. The number of amides is 3. The second-order valence-electron chi connectivity index (χ2n) is 7.06. The predicted molar refractivity (Wildman–Crippen MR) is 95.5 cm³/mol. The largest absolute Gasteiger partial charge is 0.488 e. The zero-order chi connectivity index (χ0) is 25.4. The SMILES string of the molecule is CC(C(=O)NCC(F)(F)C(F)(F)F)C(=O)NC1COc2c(cccc2C(F)(F)F)N(C)C1=O. The Hall–Kier alpha value is -3.13. The molecule has 2 unspecified atom stereocenters. The number of para-hydroxylation sites is 1. The normalized spacial score (nSPS) is 18.1. The smallest absolute Gasteiger partial charge is 0.455 e. The Morgan fingerprint density at radius 1 is 1.12 bits per heavy atom. The highest BCUT2D eigenvalue weighted by molar-refractivity contribution is 6.04. The number of ether oxygens (including phenoxy) is 1. The first-order chi connectivity index (χ1) is 15.0. The Kier molecular flexibility index (Phi) is 7.14. The molecule has 15 heteroatoms. The number of nitrogens with one attached hydrogen (secondary N) is 2. The van der Waals surface area contributed by atoms with Crippen LogP contribution in [-0.2, 0) is 20.6 Å². The number of rotatable bonds is 5. The monoisotopic (exact) mass is 491 g/mol. The number of nitrogens with zero attached hydrogens (tertiary/aromatic N) is 1. The fourth-order valence-electron chi connectivity index (χ4n) is 2.72. The lowest BCUT2D eigenvalue weighted by atomic mass is 10.1. The molecular weight excluding hydrogens is 474 g/mol. The summed E-state index contributed by atoms with van der Waals surface area (Å²) in [6, 6.07) is 1.35. The highest BCUT2D eigenvalue weighted by Crippen LogP contribution is 2.42. The van der Waals surface area contributed by atoms with Crippen molar-refractivity contribution in [2.24, 2.45) is 5.92 Å². The zero-order valence-corrected chi connectivity index (χ0v) is 16.9. The summed E-state index contributed by atoms with van der Waals surface area (Å²) in [6.07, 6.45) is -10.7. The van der Waals surface area contributed by atoms with E-state index in [9.17, 15) is 49.5 Å². The molecular formula is C18H17F8N3O4. The molecule has 0 aliphatic carbocycles. The average Bonchev–Trinajstić information content (AvgIpc) is 2.82. The van der Waals surface area contributed by atoms with E-state index >= 15 is 0 Å². The van der Waals surface area contributed by atoms with Crippen LogP contribution in [0.2, 0.25) is 0 Å². The van der Waals surface area contributed by atoms with Gasteiger partial charge in [-0.3, -0.25) is 14.4 Å². The van der Waals surface area contributed by atoms with Gasteiger partial charge in [0.05, 0.1) is 17.8 Å². The van der Waals surface area contributed by atoms with Gasteiger partial charge in [-0.2, -0.15) is 35.1 Å². The number of benzene rings is 1. The van der Waals surface area contributed by atoms with E-state index in [-0.39, 0.29) is 5.69 Å². The van der Waals surface area contributed by atoms with Gasteiger partial charge < -0.3 is 20.3 Å². The molecule has 184 valence electrons. The summed E-state index contributed by atoms with van der Waals surface area (Å²) in [4.78, 5) is 37.5. The summed E-state index contributed by atoms with van der Waals surface area (Å²) < 4.78 is 107. The summed E-state index contributed by atoms with van der Waals surface area (Å²) in [7, 11) is 1.12. The fraction of sp³-hybridized carbons (Fsp3) is 0.500. The Balaban J connectivity index is 2.11. The van der Waals surface area contributed by atoms with Gasteiger partial charge in [0.2, 0.25) is 11.8 Å². The Morgan fingerprint density at radius 2 is 1.73 bits per heavy atom. The molecule has 0 saturated carbocycles. The van der Waals surface area contributed by atoms with Crippen LogP contribution in [0.1, 0.15) is 12.5 Å². The van der Waals surface area contributed by atoms with Crippen molar-refractivity contribution < 1.29 is 54.2 Å². The molecule has 0 saturated heterocycles. The minimum absolute atomic E-state index is 0.244. The number of carbonyl (C=O) groups excluding carboxylic acids is 3. The highest BCUT2D eigenvalue weighted by atomic mass is 19.4. The molecule has 3 amide bonds. The predicted octanol–water partition coefficient (Wildman–Crippen LogP) is 2.50. The molecule has 1 aliphatic heterocycles. The number of hydrogen-bond acceptors (Lipinski definition) is 4. The first-order valence-corrected chi connectivity index (χ1v) is 9.10. The second-order valence-corrected chi connectivity index (χ2v) is 7.06. The van der Waals surface area contributed by atoms with Crippen molar-refractivity contribution in [1.29, 1.82) is 0 Å². The molecule has 1 aromatic rings. The summed E-state index contributed by atoms with van der Waals surface area (Å²) in [5.41, 5.74) is -1.42. The van der Waals surface area contributed by atoms with Gasteiger partial charge in [0.25, 0.3) is 5.91 Å². The van der Waals surface area contributed by atoms with E-state index in [1.807, 2.05) is 5.32 Å². The topological polar surface area (TPSA) is 87.7 Å². The lowest BCUT2D eigenvalue weighted by Gasteiger charge is -2.23. The van der Waals surface area contributed by atoms with Crippen LogP contribution in [0.4, 0.5) is 40.8 Å². The van der Waals surface area contributed by atoms with Crippen LogP contribution in [0.15, 0.2) is 18.2 Å². The Bertz CT molecular complexity index is 932. The van der Waals surface area contributed by atoms with Crippen molar-refractivity contribution in [1.82, 2.24) is 10.6 Å². The van der Waals surface area contributed by atoms with Crippen molar-refractivity contribution >= 4 is 23.4 Å². The van der Waals surface area contributed by atoms with Gasteiger partial charge in [-0.05, 0) is 19.1 Å². The maximum absolute atomic E-state index is 13.2. The van der Waals surface area contributed by atoms with Crippen LogP contribution in [-0.4, -0.2) is 56.1 Å². The lowest BCUT2D eigenvalue weighted by molar-refractivity contribution is -0.278. The molecule has 7 nitrogen and oxygen atoms in total. The second kappa shape index (κ2) is 9.02. The van der Waals surface area contributed by atoms with E-state index < -0.39 is 72.4 Å². The van der Waals surface area contributed by atoms with Crippen LogP contribution in [0.25, 0.3) is 0 Å². The van der Waals surface area contributed by atoms with Gasteiger partial charge in [-0.25, -0.2) is 0 Å². The molecule has 0 aromatic heterocycles. The van der Waals surface area contributed by atoms with Gasteiger partial charge in [-0.15, -0.1) is 0 Å². The van der Waals surface area contributed by atoms with E-state index in [1.54, 1.807) is 0 Å². The maximum Gasteiger partial charge on any atom is 0.455 e. The maximum atomic E-state index is 13.2. The van der Waals surface area contributed by atoms with Crippen LogP contribution < -0.4 is 20.3 Å². The molecule has 1 aliphatic rings. The summed E-state index contributed by atoms with van der Waals surface area (Å²) in [6.45, 7) is -2.01. The summed E-state index contributed by atoms with van der Waals surface area (Å²) in [5, 5.41) is 3.33. The third kappa shape index (κ3) is 5.63. The first-order valence-electron chi connectivity index (χ1n) is 9.10. The molecule has 33 heavy (non-hydrogen) atoms. The minimum Gasteiger partial charge on any atom is -0.488 e. The highest BCUT2D eigenvalue weighted by Gasteiger charge is 2.57. The van der Waals surface area contributed by atoms with Gasteiger partial charge in [0.1, 0.15) is 18.6 Å². The minimum atomic E-state index is -5.93. The average molecular weight is 491 g/mol. The van der Waals surface area contributed by atoms with E-state index in [1.165, 1.54) is 11.4 Å². The Labute approximate surface area is 181 Å². The molecule has 0 spiro atoms. The number of fused-ring (bicyclic) bond motifs is 1. The number of likely N-dealkylation sites (N-methyl/N-ethyl adjacent to an activating group) is 1. The van der Waals surface area contributed by atoms with Gasteiger partial charge >= 0.3 is 18.3 Å². The molecule has 2 rings (SSSR count). The molecule has 0 fully saturated rings. The van der Waals surface area contributed by atoms with Crippen LogP contribution in [0.5, 0.6) is 5.75 Å². The third-order valence-electron chi connectivity index (χ3n) is 4.69. The first kappa shape index (κ1) is 26.1.